The van der Waals surface area contributed by atoms with Crippen LogP contribution in [0.15, 0.2) is 56.9 Å². The standard InChI is InChI=1S/C20H17N3O6S2/c1-3-28-14-9-12(6-7-13(14)29-19(26)15-5-4-8-30-15)11-21-23-20-22-18(25)16(31-20)10-17(24)27-2/h4-11H,3H2,1-2H3,(H,22,23,25)/b16-10+,21-11?. The number of thiophene rings is 1. The molecule has 2 heterocycles. The summed E-state index contributed by atoms with van der Waals surface area (Å²) < 4.78 is 15.5. The third-order valence-corrected chi connectivity index (χ3v) is 5.40. The molecule has 160 valence electrons. The second-order valence-electron chi connectivity index (χ2n) is 5.74. The second-order valence-corrected chi connectivity index (χ2v) is 7.72. The molecule has 1 N–H and O–H groups in total. The molecule has 1 aromatic heterocycles. The molecule has 1 aliphatic rings. The van der Waals surface area contributed by atoms with Crippen LogP contribution in [0.3, 0.4) is 0 Å². The molecule has 1 aliphatic heterocycles. The number of rotatable bonds is 7. The number of nitrogens with zero attached hydrogens (tertiary/aromatic N) is 2. The van der Waals surface area contributed by atoms with Gasteiger partial charge in [-0.1, -0.05) is 6.07 Å². The first-order chi connectivity index (χ1) is 15.0. The van der Waals surface area contributed by atoms with Crippen molar-refractivity contribution in [2.75, 3.05) is 13.7 Å². The van der Waals surface area contributed by atoms with E-state index in [0.717, 1.165) is 17.8 Å². The first kappa shape index (κ1) is 22.2. The Balaban J connectivity index is 1.71. The van der Waals surface area contributed by atoms with Crippen molar-refractivity contribution in [1.29, 1.82) is 0 Å². The first-order valence-corrected chi connectivity index (χ1v) is 10.6. The molecule has 0 spiro atoms. The van der Waals surface area contributed by atoms with E-state index >= 15 is 0 Å². The van der Waals surface area contributed by atoms with E-state index in [4.69, 9.17) is 9.47 Å². The number of carbonyl (C=O) groups is 3. The fourth-order valence-electron chi connectivity index (χ4n) is 2.29. The van der Waals surface area contributed by atoms with Gasteiger partial charge in [-0.25, -0.2) is 9.59 Å². The summed E-state index contributed by atoms with van der Waals surface area (Å²) in [6.45, 7) is 2.20. The molecule has 0 aliphatic carbocycles. The molecule has 1 aromatic carbocycles. The van der Waals surface area contributed by atoms with Gasteiger partial charge in [0.1, 0.15) is 4.88 Å². The molecule has 1 saturated heterocycles. The Hall–Kier alpha value is -3.44. The summed E-state index contributed by atoms with van der Waals surface area (Å²) in [5, 5.41) is 12.4. The Labute approximate surface area is 185 Å². The lowest BCUT2D eigenvalue weighted by atomic mass is 10.2. The summed E-state index contributed by atoms with van der Waals surface area (Å²) in [7, 11) is 1.22. The minimum absolute atomic E-state index is 0.163. The summed E-state index contributed by atoms with van der Waals surface area (Å²) in [5.74, 6) is -0.880. The number of hydrogen-bond acceptors (Lipinski definition) is 10. The Morgan fingerprint density at radius 3 is 2.77 bits per heavy atom. The molecule has 3 rings (SSSR count). The largest absolute Gasteiger partial charge is 0.490 e. The lowest BCUT2D eigenvalue weighted by Gasteiger charge is -2.10. The molecule has 1 fully saturated rings. The number of carbonyl (C=O) groups excluding carboxylic acids is 3. The Morgan fingerprint density at radius 1 is 1.23 bits per heavy atom. The summed E-state index contributed by atoms with van der Waals surface area (Å²) in [6, 6.07) is 8.40. The van der Waals surface area contributed by atoms with E-state index < -0.39 is 17.8 Å². The van der Waals surface area contributed by atoms with Crippen LogP contribution in [0.4, 0.5) is 0 Å². The third kappa shape index (κ3) is 6.03. The molecule has 31 heavy (non-hydrogen) atoms. The second kappa shape index (κ2) is 10.5. The minimum Gasteiger partial charge on any atom is -0.490 e. The van der Waals surface area contributed by atoms with E-state index in [-0.39, 0.29) is 10.1 Å². The summed E-state index contributed by atoms with van der Waals surface area (Å²) in [4.78, 5) is 35.9. The molecule has 2 aromatic rings. The molecule has 0 bridgehead atoms. The molecule has 11 heteroatoms. The van der Waals surface area contributed by atoms with Gasteiger partial charge in [0.05, 0.1) is 24.8 Å². The van der Waals surface area contributed by atoms with Crippen LogP contribution < -0.4 is 14.8 Å². The summed E-state index contributed by atoms with van der Waals surface area (Å²) in [5.41, 5.74) is 0.642. The predicted molar refractivity (Wildman–Crippen MR) is 118 cm³/mol. The van der Waals surface area contributed by atoms with Crippen molar-refractivity contribution in [3.8, 4) is 11.5 Å². The highest BCUT2D eigenvalue weighted by Crippen LogP contribution is 2.29. The lowest BCUT2D eigenvalue weighted by molar-refractivity contribution is -0.135. The summed E-state index contributed by atoms with van der Waals surface area (Å²) in [6.07, 6.45) is 2.53. The average Bonchev–Trinajstić information content (AvgIpc) is 3.40. The number of methoxy groups -OCH3 is 1. The van der Waals surface area contributed by atoms with Gasteiger partial charge in [0.25, 0.3) is 5.91 Å². The number of amides is 1. The van der Waals surface area contributed by atoms with Crippen LogP contribution in [-0.4, -0.2) is 42.9 Å². The fourth-order valence-corrected chi connectivity index (χ4v) is 3.63. The quantitative estimate of drug-likeness (QED) is 0.222. The van der Waals surface area contributed by atoms with Crippen LogP contribution in [-0.2, 0) is 14.3 Å². The molecular weight excluding hydrogens is 442 g/mol. The van der Waals surface area contributed by atoms with Crippen LogP contribution in [0.5, 0.6) is 11.5 Å². The SMILES string of the molecule is CCOc1cc(C=N/N=C2/NC(=O)/C(=C\C(=O)OC)S2)ccc1OC(=O)c1cccs1. The van der Waals surface area contributed by atoms with E-state index in [1.165, 1.54) is 24.7 Å². The maximum atomic E-state index is 12.2. The predicted octanol–water partition coefficient (Wildman–Crippen LogP) is 2.98. The maximum Gasteiger partial charge on any atom is 0.353 e. The highest BCUT2D eigenvalue weighted by atomic mass is 32.2. The van der Waals surface area contributed by atoms with Crippen LogP contribution in [0, 0.1) is 0 Å². The van der Waals surface area contributed by atoms with Gasteiger partial charge >= 0.3 is 11.9 Å². The van der Waals surface area contributed by atoms with Crippen LogP contribution in [0.25, 0.3) is 0 Å². The molecule has 0 radical (unpaired) electrons. The first-order valence-electron chi connectivity index (χ1n) is 8.92. The molecule has 0 saturated carbocycles. The van der Waals surface area contributed by atoms with Gasteiger partial charge in [0.2, 0.25) is 0 Å². The highest BCUT2D eigenvalue weighted by Gasteiger charge is 2.25. The molecule has 0 atom stereocenters. The fraction of sp³-hybridized carbons (Fsp3) is 0.150. The van der Waals surface area contributed by atoms with Crippen molar-refractivity contribution in [2.45, 2.75) is 6.92 Å². The van der Waals surface area contributed by atoms with Crippen molar-refractivity contribution in [3.63, 3.8) is 0 Å². The number of amidine groups is 1. The van der Waals surface area contributed by atoms with E-state index in [0.29, 0.717) is 28.5 Å². The molecule has 0 unspecified atom stereocenters. The Kier molecular flexibility index (Phi) is 7.57. The van der Waals surface area contributed by atoms with Gasteiger partial charge in [-0.15, -0.1) is 16.4 Å². The van der Waals surface area contributed by atoms with Gasteiger partial charge in [-0.3, -0.25) is 10.1 Å². The Morgan fingerprint density at radius 2 is 2.06 bits per heavy atom. The molecule has 9 nitrogen and oxygen atoms in total. The van der Waals surface area contributed by atoms with Gasteiger partial charge in [0, 0.05) is 6.08 Å². The van der Waals surface area contributed by atoms with Crippen LogP contribution >= 0.6 is 23.1 Å². The van der Waals surface area contributed by atoms with Gasteiger partial charge in [-0.2, -0.15) is 5.10 Å². The lowest BCUT2D eigenvalue weighted by Crippen LogP contribution is -2.19. The third-order valence-electron chi connectivity index (χ3n) is 3.65. The van der Waals surface area contributed by atoms with Crippen LogP contribution in [0.1, 0.15) is 22.2 Å². The number of ether oxygens (including phenoxy) is 3. The van der Waals surface area contributed by atoms with Crippen molar-refractivity contribution in [2.24, 2.45) is 10.2 Å². The van der Waals surface area contributed by atoms with E-state index in [1.54, 1.807) is 35.7 Å². The Bertz CT molecular complexity index is 1080. The zero-order chi connectivity index (χ0) is 22.2. The number of nitrogens with one attached hydrogen (secondary N) is 1. The molecule has 1 amide bonds. The topological polar surface area (TPSA) is 116 Å². The van der Waals surface area contributed by atoms with Gasteiger partial charge < -0.3 is 14.2 Å². The van der Waals surface area contributed by atoms with Crippen molar-refractivity contribution in [1.82, 2.24) is 5.32 Å². The monoisotopic (exact) mass is 459 g/mol. The van der Waals surface area contributed by atoms with E-state index in [2.05, 4.69) is 20.3 Å². The normalized spacial score (nSPS) is 16.0. The van der Waals surface area contributed by atoms with Crippen molar-refractivity contribution >= 4 is 52.3 Å². The van der Waals surface area contributed by atoms with Gasteiger partial charge in [0.15, 0.2) is 16.7 Å². The minimum atomic E-state index is -0.634. The maximum absolute atomic E-state index is 12.2. The smallest absolute Gasteiger partial charge is 0.353 e. The zero-order valence-corrected chi connectivity index (χ0v) is 18.1. The van der Waals surface area contributed by atoms with Crippen LogP contribution in [0.2, 0.25) is 0 Å². The summed E-state index contributed by atoms with van der Waals surface area (Å²) >= 11 is 2.26. The van der Waals surface area contributed by atoms with Crippen molar-refractivity contribution in [3.05, 3.63) is 57.1 Å². The van der Waals surface area contributed by atoms with Crippen molar-refractivity contribution < 1.29 is 28.6 Å². The number of benzene rings is 1. The highest BCUT2D eigenvalue weighted by molar-refractivity contribution is 8.18. The van der Waals surface area contributed by atoms with E-state index in [1.807, 2.05) is 6.92 Å². The average molecular weight is 460 g/mol. The number of hydrogen-bond donors (Lipinski definition) is 1. The van der Waals surface area contributed by atoms with E-state index in [9.17, 15) is 14.4 Å². The number of esters is 2. The number of thioether (sulfide) groups is 1. The zero-order valence-electron chi connectivity index (χ0n) is 16.5. The molecular formula is C20H17N3O6S2. The van der Waals surface area contributed by atoms with Gasteiger partial charge in [-0.05, 0) is 53.9 Å².